The Hall–Kier alpha value is -0.960. The summed E-state index contributed by atoms with van der Waals surface area (Å²) in [5, 5.41) is 3.46. The van der Waals surface area contributed by atoms with E-state index in [9.17, 15) is 8.78 Å². The lowest BCUT2D eigenvalue weighted by Gasteiger charge is -2.36. The standard InChI is InChI=1S/C18H27F2N/c1-3-10-21-12-14-9-8-13(4-2)11-16(14)15-6-5-7-17(19)18(15)20/h5-7,13-14,16,21H,3-4,8-12H2,1-2H3. The summed E-state index contributed by atoms with van der Waals surface area (Å²) in [5.41, 5.74) is 0.580. The van der Waals surface area contributed by atoms with Crippen molar-refractivity contribution in [2.45, 2.75) is 51.9 Å². The van der Waals surface area contributed by atoms with Crippen LogP contribution >= 0.6 is 0 Å². The molecular weight excluding hydrogens is 268 g/mol. The van der Waals surface area contributed by atoms with Crippen molar-refractivity contribution < 1.29 is 8.78 Å². The van der Waals surface area contributed by atoms with Gasteiger partial charge < -0.3 is 5.32 Å². The molecule has 1 nitrogen and oxygen atoms in total. The lowest BCUT2D eigenvalue weighted by molar-refractivity contribution is 0.221. The van der Waals surface area contributed by atoms with Crippen LogP contribution in [-0.2, 0) is 0 Å². The second kappa shape index (κ2) is 7.88. The molecule has 0 heterocycles. The zero-order valence-electron chi connectivity index (χ0n) is 13.2. The molecule has 0 amide bonds. The Labute approximate surface area is 127 Å². The SMILES string of the molecule is CCCNCC1CCC(CC)CC1c1cccc(F)c1F. The average molecular weight is 295 g/mol. The summed E-state index contributed by atoms with van der Waals surface area (Å²) in [6, 6.07) is 4.62. The molecule has 0 spiro atoms. The Morgan fingerprint density at radius 2 is 2.00 bits per heavy atom. The number of benzene rings is 1. The van der Waals surface area contributed by atoms with Crippen molar-refractivity contribution >= 4 is 0 Å². The molecule has 0 saturated heterocycles. The molecule has 2 rings (SSSR count). The highest BCUT2D eigenvalue weighted by Crippen LogP contribution is 2.42. The zero-order chi connectivity index (χ0) is 15.2. The zero-order valence-corrected chi connectivity index (χ0v) is 13.2. The van der Waals surface area contributed by atoms with Gasteiger partial charge in [-0.1, -0.05) is 38.8 Å². The van der Waals surface area contributed by atoms with E-state index >= 15 is 0 Å². The normalized spacial score (nSPS) is 26.0. The summed E-state index contributed by atoms with van der Waals surface area (Å²) < 4.78 is 27.7. The molecule has 3 atom stereocenters. The number of nitrogens with one attached hydrogen (secondary N) is 1. The number of halogens is 2. The molecule has 21 heavy (non-hydrogen) atoms. The Morgan fingerprint density at radius 1 is 1.19 bits per heavy atom. The van der Waals surface area contributed by atoms with Gasteiger partial charge in [0.1, 0.15) is 0 Å². The minimum absolute atomic E-state index is 0.142. The summed E-state index contributed by atoms with van der Waals surface area (Å²) in [6.07, 6.45) is 5.53. The third kappa shape index (κ3) is 4.03. The monoisotopic (exact) mass is 295 g/mol. The lowest BCUT2D eigenvalue weighted by Crippen LogP contribution is -2.32. The van der Waals surface area contributed by atoms with Crippen molar-refractivity contribution in [2.75, 3.05) is 13.1 Å². The maximum Gasteiger partial charge on any atom is 0.162 e. The minimum atomic E-state index is -0.716. The van der Waals surface area contributed by atoms with Gasteiger partial charge >= 0.3 is 0 Å². The number of hydrogen-bond donors (Lipinski definition) is 1. The Balaban J connectivity index is 2.17. The summed E-state index contributed by atoms with van der Waals surface area (Å²) in [5.74, 6) is -0.161. The molecule has 3 unspecified atom stereocenters. The predicted molar refractivity (Wildman–Crippen MR) is 83.4 cm³/mol. The van der Waals surface area contributed by atoms with E-state index in [2.05, 4.69) is 19.2 Å². The molecule has 0 aliphatic heterocycles. The molecule has 1 N–H and O–H groups in total. The Bertz CT molecular complexity index is 445. The van der Waals surface area contributed by atoms with E-state index < -0.39 is 11.6 Å². The fourth-order valence-corrected chi connectivity index (χ4v) is 3.59. The first-order valence-electron chi connectivity index (χ1n) is 8.31. The molecule has 118 valence electrons. The number of rotatable bonds is 6. The molecular formula is C18H27F2N. The summed E-state index contributed by atoms with van der Waals surface area (Å²) in [6.45, 7) is 6.24. The summed E-state index contributed by atoms with van der Waals surface area (Å²) >= 11 is 0. The van der Waals surface area contributed by atoms with E-state index in [1.807, 2.05) is 0 Å². The molecule has 1 fully saturated rings. The van der Waals surface area contributed by atoms with Crippen molar-refractivity contribution in [3.8, 4) is 0 Å². The van der Waals surface area contributed by atoms with Gasteiger partial charge in [0, 0.05) is 0 Å². The highest BCUT2D eigenvalue weighted by Gasteiger charge is 2.32. The highest BCUT2D eigenvalue weighted by atomic mass is 19.2. The van der Waals surface area contributed by atoms with Crippen molar-refractivity contribution in [1.82, 2.24) is 5.32 Å². The van der Waals surface area contributed by atoms with Crippen LogP contribution in [0.5, 0.6) is 0 Å². The van der Waals surface area contributed by atoms with E-state index in [1.54, 1.807) is 12.1 Å². The van der Waals surface area contributed by atoms with Crippen molar-refractivity contribution in [3.05, 3.63) is 35.4 Å². The van der Waals surface area contributed by atoms with E-state index in [1.165, 1.54) is 12.5 Å². The van der Waals surface area contributed by atoms with Crippen LogP contribution in [0.4, 0.5) is 8.78 Å². The molecule has 0 radical (unpaired) electrons. The van der Waals surface area contributed by atoms with Gasteiger partial charge in [-0.25, -0.2) is 8.78 Å². The first kappa shape index (κ1) is 16.4. The van der Waals surface area contributed by atoms with Crippen LogP contribution in [0, 0.1) is 23.5 Å². The van der Waals surface area contributed by atoms with Gasteiger partial charge in [-0.15, -0.1) is 0 Å². The maximum absolute atomic E-state index is 14.2. The van der Waals surface area contributed by atoms with E-state index in [-0.39, 0.29) is 5.92 Å². The van der Waals surface area contributed by atoms with Crippen LogP contribution < -0.4 is 5.32 Å². The van der Waals surface area contributed by atoms with Gasteiger partial charge in [0.05, 0.1) is 0 Å². The second-order valence-electron chi connectivity index (χ2n) is 6.30. The highest BCUT2D eigenvalue weighted by molar-refractivity contribution is 5.24. The molecule has 1 aliphatic carbocycles. The first-order chi connectivity index (χ1) is 10.2. The van der Waals surface area contributed by atoms with Gasteiger partial charge in [-0.05, 0) is 61.7 Å². The third-order valence-corrected chi connectivity index (χ3v) is 4.89. The maximum atomic E-state index is 14.2. The van der Waals surface area contributed by atoms with Gasteiger partial charge in [0.2, 0.25) is 0 Å². The third-order valence-electron chi connectivity index (χ3n) is 4.89. The molecule has 1 saturated carbocycles. The van der Waals surface area contributed by atoms with Gasteiger partial charge in [-0.2, -0.15) is 0 Å². The molecule has 0 bridgehead atoms. The minimum Gasteiger partial charge on any atom is -0.316 e. The molecule has 0 aromatic heterocycles. The molecule has 3 heteroatoms. The van der Waals surface area contributed by atoms with E-state index in [4.69, 9.17) is 0 Å². The fraction of sp³-hybridized carbons (Fsp3) is 0.667. The van der Waals surface area contributed by atoms with Gasteiger partial charge in [-0.3, -0.25) is 0 Å². The number of hydrogen-bond acceptors (Lipinski definition) is 1. The fourth-order valence-electron chi connectivity index (χ4n) is 3.59. The topological polar surface area (TPSA) is 12.0 Å². The van der Waals surface area contributed by atoms with Crippen LogP contribution in [-0.4, -0.2) is 13.1 Å². The molecule has 1 aromatic rings. The molecule has 1 aromatic carbocycles. The predicted octanol–water partition coefficient (Wildman–Crippen LogP) is 4.87. The van der Waals surface area contributed by atoms with E-state index in [0.717, 1.165) is 38.8 Å². The van der Waals surface area contributed by atoms with E-state index in [0.29, 0.717) is 17.4 Å². The molecule has 1 aliphatic rings. The van der Waals surface area contributed by atoms with Crippen molar-refractivity contribution in [1.29, 1.82) is 0 Å². The van der Waals surface area contributed by atoms with Crippen LogP contribution in [0.1, 0.15) is 57.4 Å². The van der Waals surface area contributed by atoms with Crippen molar-refractivity contribution in [2.24, 2.45) is 11.8 Å². The van der Waals surface area contributed by atoms with Gasteiger partial charge in [0.15, 0.2) is 11.6 Å². The summed E-state index contributed by atoms with van der Waals surface area (Å²) in [4.78, 5) is 0. The first-order valence-corrected chi connectivity index (χ1v) is 8.31. The van der Waals surface area contributed by atoms with Crippen LogP contribution in [0.15, 0.2) is 18.2 Å². The van der Waals surface area contributed by atoms with Crippen LogP contribution in [0.2, 0.25) is 0 Å². The van der Waals surface area contributed by atoms with Crippen molar-refractivity contribution in [3.63, 3.8) is 0 Å². The average Bonchev–Trinajstić information content (AvgIpc) is 2.51. The van der Waals surface area contributed by atoms with Gasteiger partial charge in [0.25, 0.3) is 0 Å². The van der Waals surface area contributed by atoms with Crippen LogP contribution in [0.3, 0.4) is 0 Å². The Morgan fingerprint density at radius 3 is 2.71 bits per heavy atom. The quantitative estimate of drug-likeness (QED) is 0.738. The second-order valence-corrected chi connectivity index (χ2v) is 6.30. The summed E-state index contributed by atoms with van der Waals surface area (Å²) in [7, 11) is 0. The smallest absolute Gasteiger partial charge is 0.162 e. The van der Waals surface area contributed by atoms with Crippen LogP contribution in [0.25, 0.3) is 0 Å². The largest absolute Gasteiger partial charge is 0.316 e. The Kier molecular flexibility index (Phi) is 6.16. The lowest BCUT2D eigenvalue weighted by atomic mass is 9.70.